The lowest BCUT2D eigenvalue weighted by atomic mass is 10.2. The van der Waals surface area contributed by atoms with Crippen LogP contribution in [0, 0.1) is 6.92 Å². The summed E-state index contributed by atoms with van der Waals surface area (Å²) in [6.07, 6.45) is 1.59. The van der Waals surface area contributed by atoms with Crippen LogP contribution in [0.5, 0.6) is 0 Å². The molecule has 1 rings (SSSR count). The summed E-state index contributed by atoms with van der Waals surface area (Å²) in [5, 5.41) is 0. The SMILES string of the molecule is Cc1ccc(C(=O)N(C)C(C)CN)cn1. The summed E-state index contributed by atoms with van der Waals surface area (Å²) in [6, 6.07) is 3.65. The Morgan fingerprint density at radius 3 is 2.73 bits per heavy atom. The second-order valence-corrected chi connectivity index (χ2v) is 3.69. The highest BCUT2D eigenvalue weighted by Crippen LogP contribution is 2.05. The highest BCUT2D eigenvalue weighted by molar-refractivity contribution is 5.93. The minimum atomic E-state index is -0.0412. The van der Waals surface area contributed by atoms with Crippen molar-refractivity contribution in [3.63, 3.8) is 0 Å². The van der Waals surface area contributed by atoms with Crippen LogP contribution in [0.15, 0.2) is 18.3 Å². The maximum absolute atomic E-state index is 11.9. The first-order valence-corrected chi connectivity index (χ1v) is 4.96. The summed E-state index contributed by atoms with van der Waals surface area (Å²) in [4.78, 5) is 17.6. The maximum Gasteiger partial charge on any atom is 0.255 e. The van der Waals surface area contributed by atoms with Gasteiger partial charge < -0.3 is 10.6 Å². The van der Waals surface area contributed by atoms with Crippen LogP contribution in [-0.2, 0) is 0 Å². The van der Waals surface area contributed by atoms with Gasteiger partial charge >= 0.3 is 0 Å². The van der Waals surface area contributed by atoms with Crippen LogP contribution in [0.3, 0.4) is 0 Å². The second-order valence-electron chi connectivity index (χ2n) is 3.69. The molecule has 1 atom stereocenters. The average molecular weight is 207 g/mol. The Bertz CT molecular complexity index is 334. The van der Waals surface area contributed by atoms with E-state index in [9.17, 15) is 4.79 Å². The van der Waals surface area contributed by atoms with Crippen molar-refractivity contribution in [3.05, 3.63) is 29.6 Å². The van der Waals surface area contributed by atoms with E-state index in [-0.39, 0.29) is 11.9 Å². The Balaban J connectivity index is 2.80. The van der Waals surface area contributed by atoms with E-state index in [4.69, 9.17) is 5.73 Å². The van der Waals surface area contributed by atoms with E-state index in [0.717, 1.165) is 5.69 Å². The van der Waals surface area contributed by atoms with Crippen LogP contribution in [0.1, 0.15) is 23.0 Å². The first-order valence-electron chi connectivity index (χ1n) is 4.96. The zero-order chi connectivity index (χ0) is 11.4. The predicted molar refractivity (Wildman–Crippen MR) is 59.6 cm³/mol. The van der Waals surface area contributed by atoms with Crippen molar-refractivity contribution in [1.82, 2.24) is 9.88 Å². The Labute approximate surface area is 90.1 Å². The molecule has 15 heavy (non-hydrogen) atoms. The molecule has 4 nitrogen and oxygen atoms in total. The van der Waals surface area contributed by atoms with Gasteiger partial charge in [-0.05, 0) is 26.0 Å². The van der Waals surface area contributed by atoms with E-state index in [1.807, 2.05) is 19.9 Å². The summed E-state index contributed by atoms with van der Waals surface area (Å²) in [5.74, 6) is -0.0412. The number of aromatic nitrogens is 1. The normalized spacial score (nSPS) is 12.3. The summed E-state index contributed by atoms with van der Waals surface area (Å²) >= 11 is 0. The van der Waals surface area contributed by atoms with Gasteiger partial charge in [0.05, 0.1) is 5.56 Å². The molecule has 0 spiro atoms. The standard InChI is InChI=1S/C11H17N3O/c1-8-4-5-10(7-13-8)11(15)14(3)9(2)6-12/h4-5,7,9H,6,12H2,1-3H3. The van der Waals surface area contributed by atoms with Crippen LogP contribution >= 0.6 is 0 Å². The fraction of sp³-hybridized carbons (Fsp3) is 0.455. The molecular formula is C11H17N3O. The number of rotatable bonds is 3. The van der Waals surface area contributed by atoms with Crippen molar-refractivity contribution in [2.75, 3.05) is 13.6 Å². The monoisotopic (exact) mass is 207 g/mol. The van der Waals surface area contributed by atoms with Crippen LogP contribution in [-0.4, -0.2) is 35.4 Å². The highest BCUT2D eigenvalue weighted by atomic mass is 16.2. The number of carbonyl (C=O) groups is 1. The lowest BCUT2D eigenvalue weighted by Crippen LogP contribution is -2.39. The van der Waals surface area contributed by atoms with Gasteiger partial charge in [-0.15, -0.1) is 0 Å². The number of pyridine rings is 1. The molecule has 82 valence electrons. The first-order chi connectivity index (χ1) is 7.06. The predicted octanol–water partition coefficient (Wildman–Crippen LogP) is 0.809. The lowest BCUT2D eigenvalue weighted by molar-refractivity contribution is 0.0748. The molecule has 0 radical (unpaired) electrons. The molecule has 0 aliphatic carbocycles. The van der Waals surface area contributed by atoms with Crippen LogP contribution in [0.25, 0.3) is 0 Å². The van der Waals surface area contributed by atoms with Crippen LogP contribution in [0.2, 0.25) is 0 Å². The fourth-order valence-electron chi connectivity index (χ4n) is 1.16. The molecular weight excluding hydrogens is 190 g/mol. The lowest BCUT2D eigenvalue weighted by Gasteiger charge is -2.23. The van der Waals surface area contributed by atoms with Gasteiger partial charge in [-0.25, -0.2) is 0 Å². The number of hydrogen-bond donors (Lipinski definition) is 1. The Hall–Kier alpha value is -1.42. The summed E-state index contributed by atoms with van der Waals surface area (Å²) < 4.78 is 0. The quantitative estimate of drug-likeness (QED) is 0.798. The van der Waals surface area contributed by atoms with Crippen molar-refractivity contribution in [1.29, 1.82) is 0 Å². The minimum Gasteiger partial charge on any atom is -0.338 e. The molecule has 1 amide bonds. The highest BCUT2D eigenvalue weighted by Gasteiger charge is 2.16. The van der Waals surface area contributed by atoms with E-state index >= 15 is 0 Å². The van der Waals surface area contributed by atoms with Gasteiger partial charge in [-0.1, -0.05) is 0 Å². The van der Waals surface area contributed by atoms with E-state index in [2.05, 4.69) is 4.98 Å². The number of likely N-dealkylation sites (N-methyl/N-ethyl adjacent to an activating group) is 1. The number of nitrogens with zero attached hydrogens (tertiary/aromatic N) is 2. The smallest absolute Gasteiger partial charge is 0.255 e. The summed E-state index contributed by atoms with van der Waals surface area (Å²) in [5.41, 5.74) is 7.01. The largest absolute Gasteiger partial charge is 0.338 e. The van der Waals surface area contributed by atoms with Crippen molar-refractivity contribution in [3.8, 4) is 0 Å². The Kier molecular flexibility index (Phi) is 3.80. The zero-order valence-electron chi connectivity index (χ0n) is 9.40. The molecule has 1 heterocycles. The van der Waals surface area contributed by atoms with Crippen LogP contribution < -0.4 is 5.73 Å². The molecule has 0 aromatic carbocycles. The fourth-order valence-corrected chi connectivity index (χ4v) is 1.16. The molecule has 4 heteroatoms. The van der Waals surface area contributed by atoms with Gasteiger partial charge in [-0.3, -0.25) is 9.78 Å². The van der Waals surface area contributed by atoms with Gasteiger partial charge in [0.1, 0.15) is 0 Å². The molecule has 1 aromatic rings. The molecule has 1 unspecified atom stereocenters. The third kappa shape index (κ3) is 2.76. The number of aryl methyl sites for hydroxylation is 1. The molecule has 1 aromatic heterocycles. The van der Waals surface area contributed by atoms with Gasteiger partial charge in [0.25, 0.3) is 5.91 Å². The van der Waals surface area contributed by atoms with Gasteiger partial charge in [0.2, 0.25) is 0 Å². The number of carbonyl (C=O) groups excluding carboxylic acids is 1. The average Bonchev–Trinajstić information content (AvgIpc) is 2.27. The summed E-state index contributed by atoms with van der Waals surface area (Å²) in [6.45, 7) is 4.27. The van der Waals surface area contributed by atoms with Crippen molar-refractivity contribution in [2.45, 2.75) is 19.9 Å². The molecule has 0 saturated heterocycles. The van der Waals surface area contributed by atoms with Crippen molar-refractivity contribution < 1.29 is 4.79 Å². The van der Waals surface area contributed by atoms with Crippen molar-refractivity contribution in [2.24, 2.45) is 5.73 Å². The first kappa shape index (κ1) is 11.7. The Morgan fingerprint density at radius 1 is 1.60 bits per heavy atom. The molecule has 0 aliphatic heterocycles. The van der Waals surface area contributed by atoms with E-state index < -0.39 is 0 Å². The molecule has 2 N–H and O–H groups in total. The molecule has 0 fully saturated rings. The van der Waals surface area contributed by atoms with E-state index in [1.165, 1.54) is 0 Å². The van der Waals surface area contributed by atoms with E-state index in [1.54, 1.807) is 24.2 Å². The Morgan fingerprint density at radius 2 is 2.27 bits per heavy atom. The molecule has 0 bridgehead atoms. The topological polar surface area (TPSA) is 59.2 Å². The minimum absolute atomic E-state index is 0.0406. The third-order valence-corrected chi connectivity index (χ3v) is 2.48. The third-order valence-electron chi connectivity index (χ3n) is 2.48. The van der Waals surface area contributed by atoms with Gasteiger partial charge in [0, 0.05) is 31.5 Å². The number of hydrogen-bond acceptors (Lipinski definition) is 3. The van der Waals surface area contributed by atoms with E-state index in [0.29, 0.717) is 12.1 Å². The number of nitrogens with two attached hydrogens (primary N) is 1. The molecule has 0 aliphatic rings. The maximum atomic E-state index is 11.9. The van der Waals surface area contributed by atoms with Gasteiger partial charge in [-0.2, -0.15) is 0 Å². The summed E-state index contributed by atoms with van der Waals surface area (Å²) in [7, 11) is 1.75. The van der Waals surface area contributed by atoms with Crippen molar-refractivity contribution >= 4 is 5.91 Å². The molecule has 0 saturated carbocycles. The van der Waals surface area contributed by atoms with Gasteiger partial charge in [0.15, 0.2) is 0 Å². The number of amides is 1. The van der Waals surface area contributed by atoms with Crippen LogP contribution in [0.4, 0.5) is 0 Å². The zero-order valence-corrected chi connectivity index (χ0v) is 9.40. The second kappa shape index (κ2) is 4.89.